The Morgan fingerprint density at radius 2 is 2.31 bits per heavy atom. The average molecular weight is 375 g/mol. The Balaban J connectivity index is 1.72. The van der Waals surface area contributed by atoms with Crippen LogP contribution in [0.15, 0.2) is 35.8 Å². The van der Waals surface area contributed by atoms with E-state index in [9.17, 15) is 9.90 Å². The van der Waals surface area contributed by atoms with Crippen molar-refractivity contribution < 1.29 is 14.6 Å². The Hall–Kier alpha value is -2.12. The zero-order valence-electron chi connectivity index (χ0n) is 14.9. The van der Waals surface area contributed by atoms with E-state index in [4.69, 9.17) is 4.74 Å². The van der Waals surface area contributed by atoms with Crippen LogP contribution in [0.5, 0.6) is 5.88 Å². The molecule has 26 heavy (non-hydrogen) atoms. The summed E-state index contributed by atoms with van der Waals surface area (Å²) >= 11 is 1.55. The predicted molar refractivity (Wildman–Crippen MR) is 103 cm³/mol. The number of hydrogen-bond donors (Lipinski definition) is 2. The van der Waals surface area contributed by atoms with Crippen molar-refractivity contribution in [2.45, 2.75) is 44.2 Å². The molecule has 6 nitrogen and oxygen atoms in total. The monoisotopic (exact) mass is 375 g/mol. The molecule has 2 N–H and O–H groups in total. The summed E-state index contributed by atoms with van der Waals surface area (Å²) in [6, 6.07) is 7.26. The number of methoxy groups -OCH3 is 1. The molecule has 1 aliphatic heterocycles. The number of hydrogen-bond acceptors (Lipinski definition) is 5. The number of pyridine rings is 1. The summed E-state index contributed by atoms with van der Waals surface area (Å²) in [4.78, 5) is 19.8. The molecule has 0 aliphatic carbocycles. The maximum atomic E-state index is 12.9. The predicted octanol–water partition coefficient (Wildman–Crippen LogP) is 4.05. The number of carbonyl (C=O) groups excluding carboxylic acids is 1. The van der Waals surface area contributed by atoms with Gasteiger partial charge in [-0.05, 0) is 42.8 Å². The second-order valence-electron chi connectivity index (χ2n) is 6.45. The van der Waals surface area contributed by atoms with Crippen molar-refractivity contribution in [2.24, 2.45) is 0 Å². The lowest BCUT2D eigenvalue weighted by molar-refractivity contribution is 0.118. The summed E-state index contributed by atoms with van der Waals surface area (Å²) in [6.45, 7) is 0.691. The number of aromatic nitrogens is 1. The van der Waals surface area contributed by atoms with Gasteiger partial charge in [0.1, 0.15) is 5.69 Å². The molecule has 0 bridgehead atoms. The first-order valence-electron chi connectivity index (χ1n) is 8.97. The first kappa shape index (κ1) is 18.7. The lowest BCUT2D eigenvalue weighted by Crippen LogP contribution is -2.43. The Labute approximate surface area is 157 Å². The molecule has 2 atom stereocenters. The van der Waals surface area contributed by atoms with Gasteiger partial charge in [-0.25, -0.2) is 9.78 Å². The number of urea groups is 1. The fourth-order valence-electron chi connectivity index (χ4n) is 3.38. The molecule has 0 radical (unpaired) electrons. The van der Waals surface area contributed by atoms with Gasteiger partial charge in [-0.3, -0.25) is 0 Å². The van der Waals surface area contributed by atoms with Crippen LogP contribution in [0, 0.1) is 0 Å². The Bertz CT molecular complexity index is 708. The molecule has 3 heterocycles. The molecule has 0 spiro atoms. The number of amides is 2. The first-order valence-corrected chi connectivity index (χ1v) is 9.85. The third-order valence-corrected chi connectivity index (χ3v) is 5.68. The highest BCUT2D eigenvalue weighted by molar-refractivity contribution is 7.10. The summed E-state index contributed by atoms with van der Waals surface area (Å²) in [7, 11) is 1.53. The molecule has 0 saturated carbocycles. The minimum Gasteiger partial charge on any atom is -0.480 e. The van der Waals surface area contributed by atoms with Crippen molar-refractivity contribution in [1.82, 2.24) is 9.88 Å². The van der Waals surface area contributed by atoms with Crippen molar-refractivity contribution in [3.05, 3.63) is 40.7 Å². The van der Waals surface area contributed by atoms with Crippen LogP contribution in [-0.2, 0) is 0 Å². The summed E-state index contributed by atoms with van der Waals surface area (Å²) in [6.07, 6.45) is 5.69. The van der Waals surface area contributed by atoms with Crippen molar-refractivity contribution in [3.8, 4) is 5.88 Å². The number of rotatable bonds is 5. The molecule has 2 aromatic rings. The van der Waals surface area contributed by atoms with Gasteiger partial charge >= 0.3 is 6.03 Å². The van der Waals surface area contributed by atoms with Gasteiger partial charge in [-0.1, -0.05) is 18.9 Å². The van der Waals surface area contributed by atoms with Crippen LogP contribution in [0.1, 0.15) is 43.1 Å². The van der Waals surface area contributed by atoms with Crippen molar-refractivity contribution in [3.63, 3.8) is 0 Å². The van der Waals surface area contributed by atoms with Gasteiger partial charge < -0.3 is 20.1 Å². The van der Waals surface area contributed by atoms with E-state index in [0.29, 0.717) is 24.5 Å². The quantitative estimate of drug-likeness (QED) is 0.827. The molecule has 3 rings (SSSR count). The normalized spacial score (nSPS) is 18.8. The Kier molecular flexibility index (Phi) is 6.46. The average Bonchev–Trinajstić information content (AvgIpc) is 3.09. The molecule has 0 unspecified atom stereocenters. The second-order valence-corrected chi connectivity index (χ2v) is 7.43. The molecule has 0 aromatic carbocycles. The van der Waals surface area contributed by atoms with E-state index < -0.39 is 6.10 Å². The number of nitrogens with one attached hydrogen (secondary N) is 1. The summed E-state index contributed by atoms with van der Waals surface area (Å²) in [5.41, 5.74) is 0.557. The standard InChI is InChI=1S/C19H25N3O3S/c1-25-18-15(8-5-10-20-18)21-19(24)22-11-4-2-3-7-14(22)13-16(23)17-9-6-12-26-17/h5-6,8-10,12,14,16,23H,2-4,7,11,13H2,1H3,(H,21,24)/t14-,16-/m1/s1. The largest absolute Gasteiger partial charge is 0.480 e. The maximum absolute atomic E-state index is 12.9. The van der Waals surface area contributed by atoms with E-state index in [1.807, 2.05) is 22.4 Å². The van der Waals surface area contributed by atoms with E-state index in [0.717, 1.165) is 30.6 Å². The summed E-state index contributed by atoms with van der Waals surface area (Å²) in [5.74, 6) is 0.394. The molecule has 1 saturated heterocycles. The molecule has 7 heteroatoms. The van der Waals surface area contributed by atoms with Crippen molar-refractivity contribution in [2.75, 3.05) is 19.0 Å². The second kappa shape index (κ2) is 9.00. The molecular formula is C19H25N3O3S. The Morgan fingerprint density at radius 1 is 1.42 bits per heavy atom. The van der Waals surface area contributed by atoms with Gasteiger partial charge in [0.15, 0.2) is 0 Å². The lowest BCUT2D eigenvalue weighted by Gasteiger charge is -2.31. The van der Waals surface area contributed by atoms with Gasteiger partial charge in [0.2, 0.25) is 5.88 Å². The first-order chi connectivity index (χ1) is 12.7. The van der Waals surface area contributed by atoms with Crippen LogP contribution >= 0.6 is 11.3 Å². The number of aliphatic hydroxyl groups is 1. The highest BCUT2D eigenvalue weighted by atomic mass is 32.1. The van der Waals surface area contributed by atoms with Crippen LogP contribution < -0.4 is 10.1 Å². The van der Waals surface area contributed by atoms with Crippen molar-refractivity contribution >= 4 is 23.1 Å². The third kappa shape index (κ3) is 4.53. The van der Waals surface area contributed by atoms with Crippen molar-refractivity contribution in [1.29, 1.82) is 0 Å². The fraction of sp³-hybridized carbons (Fsp3) is 0.474. The topological polar surface area (TPSA) is 74.7 Å². The zero-order valence-corrected chi connectivity index (χ0v) is 15.7. The number of thiophene rings is 1. The van der Waals surface area contributed by atoms with E-state index in [1.165, 1.54) is 7.11 Å². The number of likely N-dealkylation sites (tertiary alicyclic amines) is 1. The SMILES string of the molecule is COc1ncccc1NC(=O)N1CCCCC[C@@H]1C[C@@H](O)c1cccs1. The number of carbonyl (C=O) groups is 1. The van der Waals surface area contributed by atoms with Gasteiger partial charge in [0, 0.05) is 23.7 Å². The zero-order chi connectivity index (χ0) is 18.4. The van der Waals surface area contributed by atoms with Gasteiger partial charge in [-0.15, -0.1) is 11.3 Å². The van der Waals surface area contributed by atoms with Crippen LogP contribution in [0.3, 0.4) is 0 Å². The van der Waals surface area contributed by atoms with Crippen LogP contribution in [-0.4, -0.2) is 40.7 Å². The minimum atomic E-state index is -0.540. The molecule has 2 aromatic heterocycles. The summed E-state index contributed by atoms with van der Waals surface area (Å²) in [5, 5.41) is 15.4. The number of aliphatic hydroxyl groups excluding tert-OH is 1. The summed E-state index contributed by atoms with van der Waals surface area (Å²) < 4.78 is 5.22. The lowest BCUT2D eigenvalue weighted by atomic mass is 10.0. The smallest absolute Gasteiger partial charge is 0.322 e. The number of ether oxygens (including phenoxy) is 1. The highest BCUT2D eigenvalue weighted by Gasteiger charge is 2.28. The van der Waals surface area contributed by atoms with Crippen LogP contribution in [0.25, 0.3) is 0 Å². The molecule has 1 aliphatic rings. The van der Waals surface area contributed by atoms with Gasteiger partial charge in [-0.2, -0.15) is 0 Å². The maximum Gasteiger partial charge on any atom is 0.322 e. The molecular weight excluding hydrogens is 350 g/mol. The van der Waals surface area contributed by atoms with Crippen LogP contribution in [0.2, 0.25) is 0 Å². The minimum absolute atomic E-state index is 0.0114. The van der Waals surface area contributed by atoms with E-state index >= 15 is 0 Å². The fourth-order valence-corrected chi connectivity index (χ4v) is 4.10. The van der Waals surface area contributed by atoms with E-state index in [-0.39, 0.29) is 12.1 Å². The Morgan fingerprint density at radius 3 is 3.08 bits per heavy atom. The van der Waals surface area contributed by atoms with E-state index in [2.05, 4.69) is 10.3 Å². The third-order valence-electron chi connectivity index (χ3n) is 4.71. The molecule has 140 valence electrons. The molecule has 1 fully saturated rings. The van der Waals surface area contributed by atoms with Crippen LogP contribution in [0.4, 0.5) is 10.5 Å². The van der Waals surface area contributed by atoms with Gasteiger partial charge in [0.05, 0.1) is 13.2 Å². The molecule has 2 amide bonds. The number of nitrogens with zero attached hydrogens (tertiary/aromatic N) is 2. The van der Waals surface area contributed by atoms with Gasteiger partial charge in [0.25, 0.3) is 0 Å². The highest BCUT2D eigenvalue weighted by Crippen LogP contribution is 2.29. The number of anilines is 1. The van der Waals surface area contributed by atoms with E-state index in [1.54, 1.807) is 29.7 Å².